The van der Waals surface area contributed by atoms with Crippen molar-refractivity contribution in [1.82, 2.24) is 19.7 Å². The number of likely N-dealkylation sites (tertiary alicyclic amines) is 1. The van der Waals surface area contributed by atoms with Gasteiger partial charge in [0, 0.05) is 56.7 Å². The van der Waals surface area contributed by atoms with E-state index < -0.39 is 0 Å². The molecule has 0 radical (unpaired) electrons. The highest BCUT2D eigenvalue weighted by molar-refractivity contribution is 5.94. The number of carbonyl (C=O) groups excluding carboxylic acids is 3. The smallest absolute Gasteiger partial charge is 0.253 e. The van der Waals surface area contributed by atoms with Crippen LogP contribution < -0.4 is 0 Å². The van der Waals surface area contributed by atoms with Crippen LogP contribution in [0.3, 0.4) is 0 Å². The van der Waals surface area contributed by atoms with E-state index in [1.807, 2.05) is 64.1 Å². The van der Waals surface area contributed by atoms with Gasteiger partial charge in [-0.05, 0) is 44.0 Å². The van der Waals surface area contributed by atoms with Gasteiger partial charge in [-0.3, -0.25) is 19.4 Å². The first kappa shape index (κ1) is 22.0. The van der Waals surface area contributed by atoms with E-state index >= 15 is 0 Å². The standard InChI is InChI=1S/C25H30N4O3/c1-19-7-9-20(10-8-19)24(31)29-12-4-5-21(18-29)25(32)28-15-13-27(14-16-28)23(30)17-22-6-2-3-11-26-22/h2-3,6-11,21H,4-5,12-18H2,1H3. The van der Waals surface area contributed by atoms with Gasteiger partial charge in [-0.1, -0.05) is 23.8 Å². The van der Waals surface area contributed by atoms with E-state index in [1.165, 1.54) is 0 Å². The van der Waals surface area contributed by atoms with Gasteiger partial charge in [-0.2, -0.15) is 0 Å². The van der Waals surface area contributed by atoms with Crippen LogP contribution in [0.5, 0.6) is 0 Å². The first-order chi connectivity index (χ1) is 15.5. The van der Waals surface area contributed by atoms with Gasteiger partial charge in [0.25, 0.3) is 5.91 Å². The number of hydrogen-bond acceptors (Lipinski definition) is 4. The average Bonchev–Trinajstić information content (AvgIpc) is 2.84. The Morgan fingerprint density at radius 1 is 0.906 bits per heavy atom. The number of pyridine rings is 1. The van der Waals surface area contributed by atoms with Crippen molar-refractivity contribution < 1.29 is 14.4 Å². The predicted molar refractivity (Wildman–Crippen MR) is 121 cm³/mol. The highest BCUT2D eigenvalue weighted by Gasteiger charge is 2.33. The van der Waals surface area contributed by atoms with E-state index in [4.69, 9.17) is 0 Å². The highest BCUT2D eigenvalue weighted by atomic mass is 16.2. The van der Waals surface area contributed by atoms with Crippen molar-refractivity contribution in [2.45, 2.75) is 26.2 Å². The van der Waals surface area contributed by atoms with Crippen LogP contribution in [0.2, 0.25) is 0 Å². The molecule has 2 aliphatic rings. The van der Waals surface area contributed by atoms with Crippen LogP contribution in [0.4, 0.5) is 0 Å². The number of piperazine rings is 1. The molecule has 168 valence electrons. The van der Waals surface area contributed by atoms with E-state index in [9.17, 15) is 14.4 Å². The summed E-state index contributed by atoms with van der Waals surface area (Å²) in [4.78, 5) is 48.3. The third-order valence-electron chi connectivity index (χ3n) is 6.36. The molecule has 0 saturated carbocycles. The van der Waals surface area contributed by atoms with Crippen molar-refractivity contribution >= 4 is 17.7 Å². The number of aryl methyl sites for hydroxylation is 1. The number of carbonyl (C=O) groups is 3. The van der Waals surface area contributed by atoms with Crippen LogP contribution in [0.15, 0.2) is 48.7 Å². The fourth-order valence-corrected chi connectivity index (χ4v) is 4.45. The Morgan fingerprint density at radius 2 is 1.62 bits per heavy atom. The molecule has 1 atom stereocenters. The van der Waals surface area contributed by atoms with Crippen molar-refractivity contribution in [3.8, 4) is 0 Å². The van der Waals surface area contributed by atoms with E-state index in [-0.39, 0.29) is 30.1 Å². The molecule has 0 aliphatic carbocycles. The zero-order valence-electron chi connectivity index (χ0n) is 18.6. The molecule has 7 heteroatoms. The Hall–Kier alpha value is -3.22. The Morgan fingerprint density at radius 3 is 2.31 bits per heavy atom. The molecule has 3 amide bonds. The molecule has 2 aromatic rings. The lowest BCUT2D eigenvalue weighted by molar-refractivity contribution is -0.142. The molecule has 1 aromatic heterocycles. The largest absolute Gasteiger partial charge is 0.339 e. The first-order valence-corrected chi connectivity index (χ1v) is 11.3. The number of amides is 3. The topological polar surface area (TPSA) is 73.8 Å². The lowest BCUT2D eigenvalue weighted by Crippen LogP contribution is -2.54. The van der Waals surface area contributed by atoms with Crippen molar-refractivity contribution in [3.63, 3.8) is 0 Å². The Balaban J connectivity index is 1.29. The van der Waals surface area contributed by atoms with E-state index in [0.29, 0.717) is 44.8 Å². The van der Waals surface area contributed by atoms with E-state index in [1.54, 1.807) is 6.20 Å². The predicted octanol–water partition coefficient (Wildman–Crippen LogP) is 2.16. The van der Waals surface area contributed by atoms with Gasteiger partial charge in [0.1, 0.15) is 0 Å². The van der Waals surface area contributed by atoms with Gasteiger partial charge >= 0.3 is 0 Å². The first-order valence-electron chi connectivity index (χ1n) is 11.3. The minimum atomic E-state index is -0.172. The summed E-state index contributed by atoms with van der Waals surface area (Å²) < 4.78 is 0. The number of rotatable bonds is 4. The normalized spacial score (nSPS) is 19.0. The molecule has 0 bridgehead atoms. The van der Waals surface area contributed by atoms with Crippen LogP contribution in [0.25, 0.3) is 0 Å². The Kier molecular flexibility index (Phi) is 6.83. The maximum absolute atomic E-state index is 13.1. The fraction of sp³-hybridized carbons (Fsp3) is 0.440. The minimum Gasteiger partial charge on any atom is -0.339 e. The second kappa shape index (κ2) is 9.94. The van der Waals surface area contributed by atoms with Crippen molar-refractivity contribution in [3.05, 3.63) is 65.5 Å². The van der Waals surface area contributed by atoms with Gasteiger partial charge in [-0.25, -0.2) is 0 Å². The molecule has 3 heterocycles. The summed E-state index contributed by atoms with van der Waals surface area (Å²) in [6.07, 6.45) is 3.61. The number of aromatic nitrogens is 1. The van der Waals surface area contributed by atoms with Crippen LogP contribution in [-0.4, -0.2) is 76.7 Å². The molecular weight excluding hydrogens is 404 g/mol. The van der Waals surface area contributed by atoms with Crippen molar-refractivity contribution in [2.24, 2.45) is 5.92 Å². The summed E-state index contributed by atoms with van der Waals surface area (Å²) in [6.45, 7) is 5.29. The Bertz CT molecular complexity index is 953. The van der Waals surface area contributed by atoms with Gasteiger partial charge in [0.15, 0.2) is 0 Å². The molecule has 2 saturated heterocycles. The third-order valence-corrected chi connectivity index (χ3v) is 6.36. The average molecular weight is 435 g/mol. The molecule has 7 nitrogen and oxygen atoms in total. The zero-order chi connectivity index (χ0) is 22.5. The maximum atomic E-state index is 13.1. The number of hydrogen-bond donors (Lipinski definition) is 0. The molecule has 32 heavy (non-hydrogen) atoms. The van der Waals surface area contributed by atoms with Gasteiger partial charge in [-0.15, -0.1) is 0 Å². The molecule has 1 unspecified atom stereocenters. The monoisotopic (exact) mass is 434 g/mol. The molecular formula is C25H30N4O3. The Labute approximate surface area is 189 Å². The van der Waals surface area contributed by atoms with Gasteiger partial charge < -0.3 is 14.7 Å². The van der Waals surface area contributed by atoms with Gasteiger partial charge in [0.05, 0.1) is 12.3 Å². The summed E-state index contributed by atoms with van der Waals surface area (Å²) in [7, 11) is 0. The van der Waals surface area contributed by atoms with Crippen LogP contribution >= 0.6 is 0 Å². The maximum Gasteiger partial charge on any atom is 0.253 e. The second-order valence-electron chi connectivity index (χ2n) is 8.66. The molecule has 4 rings (SSSR count). The van der Waals surface area contributed by atoms with Crippen molar-refractivity contribution in [1.29, 1.82) is 0 Å². The van der Waals surface area contributed by atoms with E-state index in [0.717, 1.165) is 24.1 Å². The summed E-state index contributed by atoms with van der Waals surface area (Å²) in [5, 5.41) is 0. The lowest BCUT2D eigenvalue weighted by atomic mass is 9.95. The van der Waals surface area contributed by atoms with Crippen molar-refractivity contribution in [2.75, 3.05) is 39.3 Å². The van der Waals surface area contributed by atoms with E-state index in [2.05, 4.69) is 4.98 Å². The molecule has 2 fully saturated rings. The van der Waals surface area contributed by atoms with Gasteiger partial charge in [0.2, 0.25) is 11.8 Å². The summed E-state index contributed by atoms with van der Waals surface area (Å²) in [6, 6.07) is 13.1. The minimum absolute atomic E-state index is 0.00700. The fourth-order valence-electron chi connectivity index (χ4n) is 4.45. The number of piperidine rings is 1. The summed E-state index contributed by atoms with van der Waals surface area (Å²) >= 11 is 0. The van der Waals surface area contributed by atoms with Crippen LogP contribution in [0, 0.1) is 12.8 Å². The highest BCUT2D eigenvalue weighted by Crippen LogP contribution is 2.22. The quantitative estimate of drug-likeness (QED) is 0.739. The van der Waals surface area contributed by atoms with Crippen LogP contribution in [-0.2, 0) is 16.0 Å². The zero-order valence-corrected chi connectivity index (χ0v) is 18.6. The van der Waals surface area contributed by atoms with Crippen LogP contribution in [0.1, 0.15) is 34.5 Å². The SMILES string of the molecule is Cc1ccc(C(=O)N2CCCC(C(=O)N3CCN(C(=O)Cc4ccccn4)CC3)C2)cc1. The number of nitrogens with zero attached hydrogens (tertiary/aromatic N) is 4. The molecule has 0 spiro atoms. The summed E-state index contributed by atoms with van der Waals surface area (Å²) in [5.41, 5.74) is 2.55. The molecule has 0 N–H and O–H groups in total. The molecule has 1 aromatic carbocycles. The third kappa shape index (κ3) is 5.15. The number of benzene rings is 1. The molecule has 2 aliphatic heterocycles. The second-order valence-corrected chi connectivity index (χ2v) is 8.66. The lowest BCUT2D eigenvalue weighted by Gasteiger charge is -2.39. The summed E-state index contributed by atoms with van der Waals surface area (Å²) in [5.74, 6) is -0.0343.